The lowest BCUT2D eigenvalue weighted by Crippen LogP contribution is -2.28. The van der Waals surface area contributed by atoms with Crippen LogP contribution in [0.25, 0.3) is 0 Å². The maximum Gasteiger partial charge on any atom is 0.226 e. The van der Waals surface area contributed by atoms with Gasteiger partial charge in [0.1, 0.15) is 5.82 Å². The zero-order chi connectivity index (χ0) is 16.9. The number of hydrogen-bond acceptors (Lipinski definition) is 5. The Morgan fingerprint density at radius 3 is 2.96 bits per heavy atom. The number of aliphatic hydroxyl groups excluding tert-OH is 1. The van der Waals surface area contributed by atoms with Crippen LogP contribution >= 0.6 is 0 Å². The summed E-state index contributed by atoms with van der Waals surface area (Å²) in [4.78, 5) is 16.1. The summed E-state index contributed by atoms with van der Waals surface area (Å²) in [6, 6.07) is 5.97. The number of aryl methyl sites for hydroxylation is 1. The van der Waals surface area contributed by atoms with E-state index in [1.54, 1.807) is 12.1 Å². The van der Waals surface area contributed by atoms with E-state index in [2.05, 4.69) is 15.5 Å². The van der Waals surface area contributed by atoms with E-state index in [0.29, 0.717) is 24.7 Å². The number of aliphatic hydroxyl groups is 1. The van der Waals surface area contributed by atoms with Crippen LogP contribution < -0.4 is 5.32 Å². The second-order valence-corrected chi connectivity index (χ2v) is 6.02. The molecule has 1 aliphatic carbocycles. The first-order valence-corrected chi connectivity index (χ1v) is 8.15. The number of benzene rings is 1. The number of halogens is 1. The lowest BCUT2D eigenvalue weighted by atomic mass is 10.1. The molecule has 1 aliphatic rings. The van der Waals surface area contributed by atoms with Crippen molar-refractivity contribution >= 4 is 5.91 Å². The Balaban J connectivity index is 1.37. The van der Waals surface area contributed by atoms with Gasteiger partial charge in [-0.15, -0.1) is 0 Å². The minimum atomic E-state index is -1.06. The lowest BCUT2D eigenvalue weighted by Gasteiger charge is -2.12. The van der Waals surface area contributed by atoms with Crippen molar-refractivity contribution in [3.05, 3.63) is 47.4 Å². The molecule has 0 saturated heterocycles. The van der Waals surface area contributed by atoms with Crippen molar-refractivity contribution in [3.63, 3.8) is 0 Å². The van der Waals surface area contributed by atoms with Crippen molar-refractivity contribution in [2.24, 2.45) is 0 Å². The minimum absolute atomic E-state index is 0.0217. The molecule has 2 aromatic rings. The number of carbonyl (C=O) groups is 1. The normalized spacial score (nSPS) is 15.2. The first-order chi connectivity index (χ1) is 11.6. The fourth-order valence-corrected chi connectivity index (χ4v) is 2.43. The average molecular weight is 333 g/mol. The molecular weight excluding hydrogens is 313 g/mol. The molecular formula is C17H20FN3O3. The predicted octanol–water partition coefficient (Wildman–Crippen LogP) is 2.26. The van der Waals surface area contributed by atoms with Crippen LogP contribution in [0, 0.1) is 5.82 Å². The number of nitrogens with zero attached hydrogens (tertiary/aromatic N) is 2. The van der Waals surface area contributed by atoms with Crippen molar-refractivity contribution in [2.45, 2.75) is 44.1 Å². The molecule has 7 heteroatoms. The SMILES string of the molecule is O=C(CCCc1nc(C2CC2)no1)NCC(O)c1ccccc1F. The lowest BCUT2D eigenvalue weighted by molar-refractivity contribution is -0.121. The van der Waals surface area contributed by atoms with Gasteiger partial charge in [-0.25, -0.2) is 4.39 Å². The van der Waals surface area contributed by atoms with Crippen LogP contribution in [0.15, 0.2) is 28.8 Å². The quantitative estimate of drug-likeness (QED) is 0.773. The molecule has 2 N–H and O–H groups in total. The summed E-state index contributed by atoms with van der Waals surface area (Å²) < 4.78 is 18.7. The van der Waals surface area contributed by atoms with Crippen LogP contribution in [0.1, 0.15) is 55.0 Å². The average Bonchev–Trinajstić information content (AvgIpc) is 3.32. The van der Waals surface area contributed by atoms with Gasteiger partial charge >= 0.3 is 0 Å². The number of nitrogens with one attached hydrogen (secondary N) is 1. The molecule has 0 radical (unpaired) electrons. The van der Waals surface area contributed by atoms with Gasteiger partial charge in [0.05, 0.1) is 6.10 Å². The Labute approximate surface area is 139 Å². The van der Waals surface area contributed by atoms with Gasteiger partial charge in [-0.3, -0.25) is 4.79 Å². The molecule has 128 valence electrons. The summed E-state index contributed by atoms with van der Waals surface area (Å²) in [6.07, 6.45) is 2.58. The van der Waals surface area contributed by atoms with E-state index in [4.69, 9.17) is 4.52 Å². The van der Waals surface area contributed by atoms with Gasteiger partial charge in [0.25, 0.3) is 0 Å². The van der Waals surface area contributed by atoms with Gasteiger partial charge in [-0.2, -0.15) is 4.98 Å². The van der Waals surface area contributed by atoms with Crippen LogP contribution in [0.5, 0.6) is 0 Å². The Bertz CT molecular complexity index is 700. The molecule has 1 fully saturated rings. The van der Waals surface area contributed by atoms with Crippen LogP contribution in [-0.2, 0) is 11.2 Å². The molecule has 0 spiro atoms. The second kappa shape index (κ2) is 7.53. The van der Waals surface area contributed by atoms with Crippen molar-refractivity contribution < 1.29 is 18.8 Å². The highest BCUT2D eigenvalue weighted by Crippen LogP contribution is 2.38. The zero-order valence-electron chi connectivity index (χ0n) is 13.2. The highest BCUT2D eigenvalue weighted by molar-refractivity contribution is 5.75. The molecule has 1 aromatic heterocycles. The first-order valence-electron chi connectivity index (χ1n) is 8.15. The van der Waals surface area contributed by atoms with E-state index in [-0.39, 0.29) is 24.4 Å². The van der Waals surface area contributed by atoms with E-state index >= 15 is 0 Å². The molecule has 1 heterocycles. The molecule has 0 aliphatic heterocycles. The summed E-state index contributed by atoms with van der Waals surface area (Å²) in [7, 11) is 0. The third-order valence-corrected chi connectivity index (χ3v) is 3.98. The second-order valence-electron chi connectivity index (χ2n) is 6.02. The number of carbonyl (C=O) groups excluding carboxylic acids is 1. The third-order valence-electron chi connectivity index (χ3n) is 3.98. The summed E-state index contributed by atoms with van der Waals surface area (Å²) >= 11 is 0. The van der Waals surface area contributed by atoms with E-state index in [9.17, 15) is 14.3 Å². The first kappa shape index (κ1) is 16.6. The van der Waals surface area contributed by atoms with Crippen LogP contribution in [-0.4, -0.2) is 27.7 Å². The Morgan fingerprint density at radius 2 is 2.21 bits per heavy atom. The number of hydrogen-bond donors (Lipinski definition) is 2. The smallest absolute Gasteiger partial charge is 0.226 e. The molecule has 1 amide bonds. The summed E-state index contributed by atoms with van der Waals surface area (Å²) in [6.45, 7) is -0.0217. The highest BCUT2D eigenvalue weighted by atomic mass is 19.1. The van der Waals surface area contributed by atoms with Crippen molar-refractivity contribution in [1.82, 2.24) is 15.5 Å². The Morgan fingerprint density at radius 1 is 1.42 bits per heavy atom. The Kier molecular flexibility index (Phi) is 5.20. The number of rotatable bonds is 8. The molecule has 1 saturated carbocycles. The van der Waals surface area contributed by atoms with Gasteiger partial charge in [0.2, 0.25) is 11.8 Å². The summed E-state index contributed by atoms with van der Waals surface area (Å²) in [5.41, 5.74) is 0.177. The van der Waals surface area contributed by atoms with E-state index < -0.39 is 11.9 Å². The number of aromatic nitrogens is 2. The maximum absolute atomic E-state index is 13.5. The van der Waals surface area contributed by atoms with E-state index in [1.807, 2.05) is 0 Å². The highest BCUT2D eigenvalue weighted by Gasteiger charge is 2.28. The van der Waals surface area contributed by atoms with Crippen molar-refractivity contribution in [3.8, 4) is 0 Å². The molecule has 0 bridgehead atoms. The van der Waals surface area contributed by atoms with Crippen molar-refractivity contribution in [1.29, 1.82) is 0 Å². The fourth-order valence-electron chi connectivity index (χ4n) is 2.43. The van der Waals surface area contributed by atoms with Crippen LogP contribution in [0.3, 0.4) is 0 Å². The largest absolute Gasteiger partial charge is 0.386 e. The van der Waals surface area contributed by atoms with Gasteiger partial charge in [-0.05, 0) is 25.3 Å². The fraction of sp³-hybridized carbons (Fsp3) is 0.471. The van der Waals surface area contributed by atoms with Crippen molar-refractivity contribution in [2.75, 3.05) is 6.54 Å². The van der Waals surface area contributed by atoms with Gasteiger partial charge in [-0.1, -0.05) is 23.4 Å². The monoisotopic (exact) mass is 333 g/mol. The molecule has 1 atom stereocenters. The standard InChI is InChI=1S/C17H20FN3O3/c18-13-5-2-1-4-12(13)14(22)10-19-15(23)6-3-7-16-20-17(21-24-16)11-8-9-11/h1-2,4-5,11,14,22H,3,6-10H2,(H,19,23). The molecule has 3 rings (SSSR count). The van der Waals surface area contributed by atoms with Gasteiger partial charge < -0.3 is 14.9 Å². The van der Waals surface area contributed by atoms with Gasteiger partial charge in [0, 0.05) is 30.9 Å². The van der Waals surface area contributed by atoms with Crippen LogP contribution in [0.4, 0.5) is 4.39 Å². The maximum atomic E-state index is 13.5. The summed E-state index contributed by atoms with van der Waals surface area (Å²) in [5.74, 6) is 1.08. The topological polar surface area (TPSA) is 88.2 Å². The molecule has 1 aromatic carbocycles. The zero-order valence-corrected chi connectivity index (χ0v) is 13.2. The van der Waals surface area contributed by atoms with Gasteiger partial charge in [0.15, 0.2) is 5.82 Å². The molecule has 1 unspecified atom stereocenters. The molecule has 24 heavy (non-hydrogen) atoms. The number of amides is 1. The minimum Gasteiger partial charge on any atom is -0.386 e. The molecule has 6 nitrogen and oxygen atoms in total. The predicted molar refractivity (Wildman–Crippen MR) is 83.6 cm³/mol. The van der Waals surface area contributed by atoms with Crippen LogP contribution in [0.2, 0.25) is 0 Å². The Hall–Kier alpha value is -2.28. The van der Waals surface area contributed by atoms with E-state index in [0.717, 1.165) is 18.7 Å². The van der Waals surface area contributed by atoms with E-state index in [1.165, 1.54) is 12.1 Å². The third kappa shape index (κ3) is 4.38. The summed E-state index contributed by atoms with van der Waals surface area (Å²) in [5, 5.41) is 16.5.